The summed E-state index contributed by atoms with van der Waals surface area (Å²) >= 11 is 0. The molecule has 0 aliphatic rings. The third-order valence-corrected chi connectivity index (χ3v) is 4.70. The Morgan fingerprint density at radius 3 is 2.22 bits per heavy atom. The van der Waals surface area contributed by atoms with Crippen LogP contribution in [0.5, 0.6) is 0 Å². The van der Waals surface area contributed by atoms with E-state index in [1.165, 1.54) is 31.2 Å². The fourth-order valence-corrected chi connectivity index (χ4v) is 3.01. The van der Waals surface area contributed by atoms with Crippen molar-refractivity contribution in [3.63, 3.8) is 0 Å². The van der Waals surface area contributed by atoms with Crippen molar-refractivity contribution >= 4 is 23.2 Å². The Labute approximate surface area is 179 Å². The zero-order valence-corrected chi connectivity index (χ0v) is 16.9. The number of benzene rings is 2. The first kappa shape index (κ1) is 21.2. The molecule has 1 amide bonds. The van der Waals surface area contributed by atoms with Gasteiger partial charge in [0, 0.05) is 16.8 Å². The summed E-state index contributed by atoms with van der Waals surface area (Å²) in [6.07, 6.45) is -4.75. The molecule has 0 unspecified atom stereocenters. The van der Waals surface area contributed by atoms with Crippen molar-refractivity contribution in [3.05, 3.63) is 77.2 Å². The molecule has 2 heterocycles. The maximum atomic E-state index is 13.7. The summed E-state index contributed by atoms with van der Waals surface area (Å²) < 4.78 is 41.6. The molecule has 0 atom stereocenters. The van der Waals surface area contributed by atoms with Gasteiger partial charge in [-0.15, -0.1) is 5.10 Å². The van der Waals surface area contributed by atoms with Crippen LogP contribution in [0.3, 0.4) is 0 Å². The van der Waals surface area contributed by atoms with E-state index >= 15 is 0 Å². The Morgan fingerprint density at radius 2 is 1.62 bits per heavy atom. The molecule has 2 aromatic heterocycles. The van der Waals surface area contributed by atoms with Gasteiger partial charge in [-0.25, -0.2) is 4.98 Å². The molecule has 4 rings (SSSR count). The summed E-state index contributed by atoms with van der Waals surface area (Å²) in [6.45, 7) is 3.27. The minimum absolute atomic E-state index is 0.0593. The van der Waals surface area contributed by atoms with E-state index in [2.05, 4.69) is 20.4 Å². The number of nitrogens with zero attached hydrogens (tertiary/aromatic N) is 4. The second-order valence-corrected chi connectivity index (χ2v) is 7.13. The monoisotopic (exact) mass is 439 g/mol. The lowest BCUT2D eigenvalue weighted by Gasteiger charge is -2.10. The lowest BCUT2D eigenvalue weighted by atomic mass is 10.1. The zero-order valence-electron chi connectivity index (χ0n) is 16.9. The number of carbonyl (C=O) groups is 2. The third kappa shape index (κ3) is 4.20. The van der Waals surface area contributed by atoms with Crippen LogP contribution in [-0.4, -0.2) is 31.3 Å². The number of alkyl halides is 3. The van der Waals surface area contributed by atoms with Crippen molar-refractivity contribution in [2.24, 2.45) is 0 Å². The largest absolute Gasteiger partial charge is 0.433 e. The number of carbonyl (C=O) groups excluding carboxylic acids is 2. The number of aryl methyl sites for hydroxylation is 1. The highest BCUT2D eigenvalue weighted by atomic mass is 19.4. The number of amides is 1. The number of ketones is 1. The average molecular weight is 439 g/mol. The highest BCUT2D eigenvalue weighted by Gasteiger charge is 2.36. The Kier molecular flexibility index (Phi) is 5.21. The van der Waals surface area contributed by atoms with Crippen molar-refractivity contribution in [2.45, 2.75) is 20.0 Å². The second kappa shape index (κ2) is 7.88. The van der Waals surface area contributed by atoms with E-state index in [0.717, 1.165) is 11.6 Å². The number of nitrogens with one attached hydrogen (secondary N) is 1. The van der Waals surface area contributed by atoms with Gasteiger partial charge in [-0.3, -0.25) is 9.59 Å². The quantitative estimate of drug-likeness (QED) is 0.471. The highest BCUT2D eigenvalue weighted by molar-refractivity contribution is 6.02. The number of Topliss-reactive ketones (excluding diaryl/α,β-unsaturated/α-hetero) is 1. The van der Waals surface area contributed by atoms with Gasteiger partial charge in [-0.05, 0) is 44.2 Å². The van der Waals surface area contributed by atoms with E-state index in [9.17, 15) is 22.8 Å². The number of hydrogen-bond donors (Lipinski definition) is 1. The molecular weight excluding hydrogens is 423 g/mol. The molecule has 0 radical (unpaired) electrons. The molecule has 0 aliphatic heterocycles. The molecular formula is C22H16F3N5O2. The van der Waals surface area contributed by atoms with Gasteiger partial charge in [0.05, 0.1) is 5.69 Å². The van der Waals surface area contributed by atoms with Crippen LogP contribution < -0.4 is 5.32 Å². The van der Waals surface area contributed by atoms with Gasteiger partial charge >= 0.3 is 6.18 Å². The molecule has 0 saturated carbocycles. The van der Waals surface area contributed by atoms with Gasteiger partial charge in [-0.1, -0.05) is 29.8 Å². The molecule has 0 fully saturated rings. The van der Waals surface area contributed by atoms with E-state index in [1.807, 2.05) is 6.92 Å². The molecule has 0 spiro atoms. The first-order valence-corrected chi connectivity index (χ1v) is 9.46. The minimum atomic E-state index is -4.75. The van der Waals surface area contributed by atoms with E-state index in [1.54, 1.807) is 24.3 Å². The Bertz CT molecular complexity index is 1330. The van der Waals surface area contributed by atoms with Crippen LogP contribution in [0.2, 0.25) is 0 Å². The normalized spacial score (nSPS) is 11.5. The summed E-state index contributed by atoms with van der Waals surface area (Å²) in [6, 6.07) is 13.7. The van der Waals surface area contributed by atoms with Crippen LogP contribution in [0.25, 0.3) is 17.0 Å². The minimum Gasteiger partial charge on any atom is -0.319 e. The Morgan fingerprint density at radius 1 is 0.969 bits per heavy atom. The predicted molar refractivity (Wildman–Crippen MR) is 110 cm³/mol. The molecule has 2 aromatic carbocycles. The Balaban J connectivity index is 1.72. The molecule has 10 heteroatoms. The van der Waals surface area contributed by atoms with Crippen LogP contribution in [-0.2, 0) is 6.18 Å². The van der Waals surface area contributed by atoms with Crippen molar-refractivity contribution in [3.8, 4) is 11.3 Å². The molecule has 162 valence electrons. The van der Waals surface area contributed by atoms with Crippen LogP contribution >= 0.6 is 0 Å². The molecule has 0 bridgehead atoms. The zero-order chi connectivity index (χ0) is 23.0. The molecule has 0 saturated heterocycles. The van der Waals surface area contributed by atoms with Gasteiger partial charge < -0.3 is 5.32 Å². The fourth-order valence-electron chi connectivity index (χ4n) is 3.01. The smallest absolute Gasteiger partial charge is 0.319 e. The van der Waals surface area contributed by atoms with Gasteiger partial charge in [0.1, 0.15) is 0 Å². The topological polar surface area (TPSA) is 89.2 Å². The number of aromatic nitrogens is 4. The standard InChI is InChI=1S/C22H16F3N5O2/c1-12-3-5-15(6-4-12)17-11-18(22(23,24)25)30-21(27-17)28-19(29-30)20(32)26-16-9-7-14(8-10-16)13(2)31/h3-11H,1-2H3,(H,26,32). The molecule has 7 nitrogen and oxygen atoms in total. The lowest BCUT2D eigenvalue weighted by Crippen LogP contribution is -2.16. The van der Waals surface area contributed by atoms with Crippen molar-refractivity contribution in [2.75, 3.05) is 5.32 Å². The highest BCUT2D eigenvalue weighted by Crippen LogP contribution is 2.32. The van der Waals surface area contributed by atoms with Gasteiger partial charge in [0.2, 0.25) is 5.82 Å². The van der Waals surface area contributed by atoms with Crippen LogP contribution in [0, 0.1) is 6.92 Å². The summed E-state index contributed by atoms with van der Waals surface area (Å²) in [4.78, 5) is 32.0. The van der Waals surface area contributed by atoms with E-state index in [4.69, 9.17) is 0 Å². The van der Waals surface area contributed by atoms with E-state index in [-0.39, 0.29) is 17.3 Å². The number of fused-ring (bicyclic) bond motifs is 1. The number of anilines is 1. The number of rotatable bonds is 4. The van der Waals surface area contributed by atoms with E-state index < -0.39 is 23.6 Å². The number of hydrogen-bond acceptors (Lipinski definition) is 5. The van der Waals surface area contributed by atoms with Gasteiger partial charge in [0.15, 0.2) is 11.5 Å². The predicted octanol–water partition coefficient (Wildman–Crippen LogP) is 4.57. The van der Waals surface area contributed by atoms with Crippen LogP contribution in [0.4, 0.5) is 18.9 Å². The SMILES string of the molecule is CC(=O)c1ccc(NC(=O)c2nc3nc(-c4ccc(C)cc4)cc(C(F)(F)F)n3n2)cc1. The first-order chi connectivity index (χ1) is 15.1. The van der Waals surface area contributed by atoms with Crippen molar-refractivity contribution in [1.82, 2.24) is 19.6 Å². The summed E-state index contributed by atoms with van der Waals surface area (Å²) in [5.74, 6) is -1.77. The average Bonchev–Trinajstić information content (AvgIpc) is 3.17. The van der Waals surface area contributed by atoms with Crippen LogP contribution in [0.15, 0.2) is 54.6 Å². The first-order valence-electron chi connectivity index (χ1n) is 9.46. The van der Waals surface area contributed by atoms with E-state index in [0.29, 0.717) is 21.3 Å². The summed E-state index contributed by atoms with van der Waals surface area (Å²) in [5.41, 5.74) is 1.17. The van der Waals surface area contributed by atoms with Crippen LogP contribution in [0.1, 0.15) is 39.2 Å². The van der Waals surface area contributed by atoms with Gasteiger partial charge in [-0.2, -0.15) is 22.7 Å². The fraction of sp³-hybridized carbons (Fsp3) is 0.136. The Hall–Kier alpha value is -4.08. The molecule has 4 aromatic rings. The van der Waals surface area contributed by atoms with Crippen molar-refractivity contribution in [1.29, 1.82) is 0 Å². The summed E-state index contributed by atoms with van der Waals surface area (Å²) in [5, 5.41) is 6.23. The van der Waals surface area contributed by atoms with Crippen molar-refractivity contribution < 1.29 is 22.8 Å². The molecule has 32 heavy (non-hydrogen) atoms. The number of halogens is 3. The summed E-state index contributed by atoms with van der Waals surface area (Å²) in [7, 11) is 0. The lowest BCUT2D eigenvalue weighted by molar-refractivity contribution is -0.142. The third-order valence-electron chi connectivity index (χ3n) is 4.70. The maximum absolute atomic E-state index is 13.7. The molecule has 1 N–H and O–H groups in total. The molecule has 0 aliphatic carbocycles. The maximum Gasteiger partial charge on any atom is 0.433 e. The second-order valence-electron chi connectivity index (χ2n) is 7.13. The van der Waals surface area contributed by atoms with Gasteiger partial charge in [0.25, 0.3) is 11.7 Å².